The summed E-state index contributed by atoms with van der Waals surface area (Å²) in [7, 11) is 0. The molecule has 0 aromatic carbocycles. The number of nitrogens with two attached hydrogens (primary N) is 1. The number of amides is 1. The molecule has 0 bridgehead atoms. The van der Waals surface area contributed by atoms with Gasteiger partial charge in [-0.05, 0) is 37.6 Å². The zero-order chi connectivity index (χ0) is 11.7. The van der Waals surface area contributed by atoms with E-state index in [1.54, 1.807) is 0 Å². The van der Waals surface area contributed by atoms with Crippen LogP contribution in [0, 0.1) is 11.8 Å². The van der Waals surface area contributed by atoms with Crippen molar-refractivity contribution < 1.29 is 4.79 Å². The molecule has 3 nitrogen and oxygen atoms in total. The fourth-order valence-corrected chi connectivity index (χ4v) is 1.30. The van der Waals surface area contributed by atoms with Crippen molar-refractivity contribution in [2.45, 2.75) is 46.5 Å². The molecule has 3 heteroatoms. The number of hydrogen-bond acceptors (Lipinski definition) is 2. The topological polar surface area (TPSA) is 55.1 Å². The monoisotopic (exact) mass is 214 g/mol. The van der Waals surface area contributed by atoms with Crippen LogP contribution in [0.3, 0.4) is 0 Å². The third-order valence-corrected chi connectivity index (χ3v) is 2.55. The summed E-state index contributed by atoms with van der Waals surface area (Å²) in [6, 6.07) is 0. The predicted molar refractivity (Wildman–Crippen MR) is 64.5 cm³/mol. The van der Waals surface area contributed by atoms with Crippen LogP contribution in [0.2, 0.25) is 0 Å². The van der Waals surface area contributed by atoms with Crippen LogP contribution in [0.25, 0.3) is 0 Å². The first-order valence-electron chi connectivity index (χ1n) is 6.03. The fraction of sp³-hybridized carbons (Fsp3) is 0.917. The van der Waals surface area contributed by atoms with Gasteiger partial charge in [0.25, 0.3) is 0 Å². The van der Waals surface area contributed by atoms with Crippen LogP contribution >= 0.6 is 0 Å². The normalized spacial score (nSPS) is 12.9. The quantitative estimate of drug-likeness (QED) is 0.606. The summed E-state index contributed by atoms with van der Waals surface area (Å²) in [6.07, 6.45) is 3.77. The van der Waals surface area contributed by atoms with Gasteiger partial charge in [-0.25, -0.2) is 0 Å². The van der Waals surface area contributed by atoms with Gasteiger partial charge in [0.1, 0.15) is 0 Å². The summed E-state index contributed by atoms with van der Waals surface area (Å²) in [5.74, 6) is 1.36. The van der Waals surface area contributed by atoms with Crippen LogP contribution in [-0.4, -0.2) is 19.0 Å². The Morgan fingerprint density at radius 3 is 2.47 bits per heavy atom. The molecular formula is C12H26N2O. The molecule has 0 saturated heterocycles. The third-order valence-electron chi connectivity index (χ3n) is 2.55. The van der Waals surface area contributed by atoms with Crippen molar-refractivity contribution >= 4 is 5.91 Å². The van der Waals surface area contributed by atoms with E-state index in [1.807, 2.05) is 0 Å². The molecule has 0 spiro atoms. The second-order valence-corrected chi connectivity index (χ2v) is 4.77. The molecule has 0 aliphatic heterocycles. The number of carbonyl (C=O) groups excluding carboxylic acids is 1. The van der Waals surface area contributed by atoms with Crippen LogP contribution in [0.5, 0.6) is 0 Å². The lowest BCUT2D eigenvalue weighted by atomic mass is 10.1. The summed E-state index contributed by atoms with van der Waals surface area (Å²) < 4.78 is 0. The van der Waals surface area contributed by atoms with Crippen molar-refractivity contribution in [1.29, 1.82) is 0 Å². The van der Waals surface area contributed by atoms with E-state index in [9.17, 15) is 4.79 Å². The maximum absolute atomic E-state index is 11.3. The Morgan fingerprint density at radius 1 is 1.27 bits per heavy atom. The molecule has 0 fully saturated rings. The summed E-state index contributed by atoms with van der Waals surface area (Å²) in [6.45, 7) is 7.94. The van der Waals surface area contributed by atoms with E-state index in [2.05, 4.69) is 26.1 Å². The molecule has 0 rings (SSSR count). The zero-order valence-electron chi connectivity index (χ0n) is 10.4. The summed E-state index contributed by atoms with van der Waals surface area (Å²) in [5.41, 5.74) is 5.51. The molecule has 1 unspecified atom stereocenters. The Bertz CT molecular complexity index is 169. The minimum Gasteiger partial charge on any atom is -0.356 e. The Kier molecular flexibility index (Phi) is 8.38. The first kappa shape index (κ1) is 14.4. The highest BCUT2D eigenvalue weighted by molar-refractivity contribution is 5.75. The van der Waals surface area contributed by atoms with Crippen molar-refractivity contribution in [2.75, 3.05) is 13.1 Å². The third kappa shape index (κ3) is 9.73. The molecule has 0 aromatic rings. The van der Waals surface area contributed by atoms with Crippen molar-refractivity contribution in [3.63, 3.8) is 0 Å². The molecule has 1 atom stereocenters. The van der Waals surface area contributed by atoms with Gasteiger partial charge in [0.15, 0.2) is 0 Å². The maximum atomic E-state index is 11.3. The predicted octanol–water partition coefficient (Wildman–Crippen LogP) is 1.91. The molecule has 1 amide bonds. The molecule has 90 valence electrons. The van der Waals surface area contributed by atoms with Gasteiger partial charge in [-0.2, -0.15) is 0 Å². The smallest absolute Gasteiger partial charge is 0.220 e. The van der Waals surface area contributed by atoms with Gasteiger partial charge in [-0.1, -0.05) is 20.8 Å². The summed E-state index contributed by atoms with van der Waals surface area (Å²) >= 11 is 0. The molecule has 0 aromatic heterocycles. The zero-order valence-corrected chi connectivity index (χ0v) is 10.4. The minimum atomic E-state index is 0.184. The van der Waals surface area contributed by atoms with Gasteiger partial charge in [0.05, 0.1) is 0 Å². The molecule has 0 aliphatic rings. The van der Waals surface area contributed by atoms with Gasteiger partial charge >= 0.3 is 0 Å². The van der Waals surface area contributed by atoms with Gasteiger partial charge in [0.2, 0.25) is 5.91 Å². The van der Waals surface area contributed by atoms with Crippen LogP contribution in [0.1, 0.15) is 46.5 Å². The van der Waals surface area contributed by atoms with Crippen molar-refractivity contribution in [2.24, 2.45) is 17.6 Å². The first-order valence-corrected chi connectivity index (χ1v) is 6.03. The Hall–Kier alpha value is -0.570. The second-order valence-electron chi connectivity index (χ2n) is 4.77. The first-order chi connectivity index (χ1) is 7.06. The Labute approximate surface area is 93.8 Å². The van der Waals surface area contributed by atoms with E-state index in [0.29, 0.717) is 18.3 Å². The van der Waals surface area contributed by atoms with Crippen LogP contribution in [0.4, 0.5) is 0 Å². The van der Waals surface area contributed by atoms with Crippen LogP contribution < -0.4 is 11.1 Å². The number of rotatable bonds is 8. The average Bonchev–Trinajstić information content (AvgIpc) is 2.21. The molecule has 0 saturated carbocycles. The molecule has 0 radical (unpaired) electrons. The molecule has 3 N–H and O–H groups in total. The van der Waals surface area contributed by atoms with Gasteiger partial charge < -0.3 is 11.1 Å². The van der Waals surface area contributed by atoms with Gasteiger partial charge in [0, 0.05) is 13.0 Å². The SMILES string of the molecule is CC(C)CCC(=O)NCCCC(C)CN. The standard InChI is InChI=1S/C12H26N2O/c1-10(2)6-7-12(15)14-8-4-5-11(3)9-13/h10-11H,4-9,13H2,1-3H3,(H,14,15). The van der Waals surface area contributed by atoms with Crippen molar-refractivity contribution in [3.8, 4) is 0 Å². The van der Waals surface area contributed by atoms with E-state index in [1.165, 1.54) is 0 Å². The molecule has 0 heterocycles. The number of nitrogens with one attached hydrogen (secondary N) is 1. The van der Waals surface area contributed by atoms with Gasteiger partial charge in [-0.15, -0.1) is 0 Å². The number of hydrogen-bond donors (Lipinski definition) is 2. The van der Waals surface area contributed by atoms with Crippen molar-refractivity contribution in [3.05, 3.63) is 0 Å². The highest BCUT2D eigenvalue weighted by Crippen LogP contribution is 2.04. The lowest BCUT2D eigenvalue weighted by Gasteiger charge is -2.09. The van der Waals surface area contributed by atoms with Crippen molar-refractivity contribution in [1.82, 2.24) is 5.32 Å². The lowest BCUT2D eigenvalue weighted by Crippen LogP contribution is -2.25. The van der Waals surface area contributed by atoms with E-state index in [-0.39, 0.29) is 5.91 Å². The van der Waals surface area contributed by atoms with Gasteiger partial charge in [-0.3, -0.25) is 4.79 Å². The number of carbonyl (C=O) groups is 1. The largest absolute Gasteiger partial charge is 0.356 e. The van der Waals surface area contributed by atoms with E-state index in [4.69, 9.17) is 5.73 Å². The second kappa shape index (κ2) is 8.72. The molecular weight excluding hydrogens is 188 g/mol. The van der Waals surface area contributed by atoms with Crippen LogP contribution in [0.15, 0.2) is 0 Å². The average molecular weight is 214 g/mol. The van der Waals surface area contributed by atoms with Crippen LogP contribution in [-0.2, 0) is 4.79 Å². The summed E-state index contributed by atoms with van der Waals surface area (Å²) in [4.78, 5) is 11.3. The van der Waals surface area contributed by atoms with E-state index < -0.39 is 0 Å². The minimum absolute atomic E-state index is 0.184. The molecule has 0 aliphatic carbocycles. The summed E-state index contributed by atoms with van der Waals surface area (Å²) in [5, 5.41) is 2.94. The Balaban J connectivity index is 3.31. The molecule has 15 heavy (non-hydrogen) atoms. The lowest BCUT2D eigenvalue weighted by molar-refractivity contribution is -0.121. The maximum Gasteiger partial charge on any atom is 0.220 e. The fourth-order valence-electron chi connectivity index (χ4n) is 1.30. The Morgan fingerprint density at radius 2 is 1.93 bits per heavy atom. The van der Waals surface area contributed by atoms with E-state index in [0.717, 1.165) is 32.4 Å². The highest BCUT2D eigenvalue weighted by Gasteiger charge is 2.03. The van der Waals surface area contributed by atoms with E-state index >= 15 is 0 Å². The highest BCUT2D eigenvalue weighted by atomic mass is 16.1.